The second-order valence-corrected chi connectivity index (χ2v) is 7.25. The standard InChI is InChI=1S/C16H18ClNO3S/c1-12(2)18(14-7-5-4-6-8-14)22(19,20)16-11-13(17)9-10-15(16)21-3/h4-12H,1-3H3. The van der Waals surface area contributed by atoms with E-state index in [-0.39, 0.29) is 16.7 Å². The van der Waals surface area contributed by atoms with Crippen LogP contribution in [0.1, 0.15) is 13.8 Å². The Bertz CT molecular complexity index is 745. The minimum atomic E-state index is -3.79. The first kappa shape index (κ1) is 16.6. The largest absolute Gasteiger partial charge is 0.495 e. The fourth-order valence-electron chi connectivity index (χ4n) is 2.25. The molecular formula is C16H18ClNO3S. The molecule has 0 radical (unpaired) electrons. The first-order valence-corrected chi connectivity index (χ1v) is 8.62. The third-order valence-electron chi connectivity index (χ3n) is 3.14. The number of sulfonamides is 1. The predicted octanol–water partition coefficient (Wildman–Crippen LogP) is 3.95. The molecule has 6 heteroatoms. The van der Waals surface area contributed by atoms with Crippen molar-refractivity contribution in [3.8, 4) is 5.75 Å². The second kappa shape index (κ2) is 6.58. The van der Waals surface area contributed by atoms with Crippen molar-refractivity contribution in [2.45, 2.75) is 24.8 Å². The summed E-state index contributed by atoms with van der Waals surface area (Å²) in [7, 11) is -2.36. The molecule has 4 nitrogen and oxygen atoms in total. The Morgan fingerprint density at radius 1 is 1.09 bits per heavy atom. The Labute approximate surface area is 136 Å². The maximum Gasteiger partial charge on any atom is 0.268 e. The van der Waals surface area contributed by atoms with Gasteiger partial charge in [-0.05, 0) is 44.2 Å². The molecule has 118 valence electrons. The SMILES string of the molecule is COc1ccc(Cl)cc1S(=O)(=O)N(c1ccccc1)C(C)C. The highest BCUT2D eigenvalue weighted by Crippen LogP contribution is 2.33. The first-order chi connectivity index (χ1) is 10.4. The lowest BCUT2D eigenvalue weighted by Crippen LogP contribution is -2.37. The second-order valence-electron chi connectivity index (χ2n) is 5.03. The molecule has 0 heterocycles. The van der Waals surface area contributed by atoms with E-state index in [1.54, 1.807) is 36.4 Å². The zero-order chi connectivity index (χ0) is 16.3. The van der Waals surface area contributed by atoms with Gasteiger partial charge >= 0.3 is 0 Å². The van der Waals surface area contributed by atoms with Crippen LogP contribution in [0, 0.1) is 0 Å². The van der Waals surface area contributed by atoms with Crippen LogP contribution in [0.3, 0.4) is 0 Å². The number of nitrogens with zero attached hydrogens (tertiary/aromatic N) is 1. The molecule has 0 bridgehead atoms. The van der Waals surface area contributed by atoms with Gasteiger partial charge in [-0.25, -0.2) is 8.42 Å². The smallest absolute Gasteiger partial charge is 0.268 e. The fourth-order valence-corrected chi connectivity index (χ4v) is 4.33. The average Bonchev–Trinajstić information content (AvgIpc) is 2.47. The van der Waals surface area contributed by atoms with Crippen LogP contribution in [-0.2, 0) is 10.0 Å². The highest BCUT2D eigenvalue weighted by atomic mass is 35.5. The predicted molar refractivity (Wildman–Crippen MR) is 89.2 cm³/mol. The van der Waals surface area contributed by atoms with E-state index < -0.39 is 10.0 Å². The summed E-state index contributed by atoms with van der Waals surface area (Å²) in [6, 6.07) is 13.3. The summed E-state index contributed by atoms with van der Waals surface area (Å²) < 4.78 is 32.7. The monoisotopic (exact) mass is 339 g/mol. The van der Waals surface area contributed by atoms with Gasteiger partial charge in [0, 0.05) is 11.1 Å². The molecule has 0 aromatic heterocycles. The van der Waals surface area contributed by atoms with Gasteiger partial charge in [0.15, 0.2) is 0 Å². The van der Waals surface area contributed by atoms with Crippen molar-refractivity contribution in [2.24, 2.45) is 0 Å². The van der Waals surface area contributed by atoms with Crippen molar-refractivity contribution in [2.75, 3.05) is 11.4 Å². The summed E-state index contributed by atoms with van der Waals surface area (Å²) in [4.78, 5) is 0.0556. The lowest BCUT2D eigenvalue weighted by molar-refractivity contribution is 0.402. The van der Waals surface area contributed by atoms with Crippen LogP contribution in [-0.4, -0.2) is 21.6 Å². The van der Waals surface area contributed by atoms with Gasteiger partial charge in [0.1, 0.15) is 10.6 Å². The van der Waals surface area contributed by atoms with Crippen LogP contribution < -0.4 is 9.04 Å². The molecule has 0 N–H and O–H groups in total. The van der Waals surface area contributed by atoms with Gasteiger partial charge in [0.25, 0.3) is 10.0 Å². The van der Waals surface area contributed by atoms with E-state index >= 15 is 0 Å². The van der Waals surface area contributed by atoms with Crippen LogP contribution in [0.2, 0.25) is 5.02 Å². The van der Waals surface area contributed by atoms with Crippen LogP contribution in [0.25, 0.3) is 0 Å². The lowest BCUT2D eigenvalue weighted by Gasteiger charge is -2.28. The van der Waals surface area contributed by atoms with E-state index in [0.717, 1.165) is 0 Å². The van der Waals surface area contributed by atoms with E-state index in [0.29, 0.717) is 10.7 Å². The molecule has 0 fully saturated rings. The molecule has 0 saturated heterocycles. The molecule has 0 spiro atoms. The summed E-state index contributed by atoms with van der Waals surface area (Å²) in [5.74, 6) is 0.269. The number of rotatable bonds is 5. The van der Waals surface area contributed by atoms with Gasteiger partial charge in [-0.15, -0.1) is 0 Å². The van der Waals surface area contributed by atoms with Crippen molar-refractivity contribution >= 4 is 27.3 Å². The summed E-state index contributed by atoms with van der Waals surface area (Å²) in [5.41, 5.74) is 0.597. The number of halogens is 1. The molecule has 0 amide bonds. The molecule has 2 aromatic carbocycles. The van der Waals surface area contributed by atoms with Crippen LogP contribution in [0.15, 0.2) is 53.4 Å². The van der Waals surface area contributed by atoms with Gasteiger partial charge < -0.3 is 4.74 Å². The zero-order valence-corrected chi connectivity index (χ0v) is 14.2. The lowest BCUT2D eigenvalue weighted by atomic mass is 10.3. The maximum atomic E-state index is 13.1. The summed E-state index contributed by atoms with van der Waals surface area (Å²) in [6.45, 7) is 3.64. The van der Waals surface area contributed by atoms with Gasteiger partial charge in [-0.3, -0.25) is 4.31 Å². The Balaban J connectivity index is 2.63. The third-order valence-corrected chi connectivity index (χ3v) is 5.40. The number of para-hydroxylation sites is 1. The Hall–Kier alpha value is -1.72. The molecule has 0 saturated carbocycles. The minimum Gasteiger partial charge on any atom is -0.495 e. The molecule has 0 aliphatic rings. The van der Waals surface area contributed by atoms with Crippen LogP contribution in [0.5, 0.6) is 5.75 Å². The molecule has 0 aliphatic heterocycles. The van der Waals surface area contributed by atoms with E-state index in [1.165, 1.54) is 17.5 Å². The molecule has 22 heavy (non-hydrogen) atoms. The Morgan fingerprint density at radius 3 is 2.27 bits per heavy atom. The minimum absolute atomic E-state index is 0.0556. The number of hydrogen-bond donors (Lipinski definition) is 0. The number of hydrogen-bond acceptors (Lipinski definition) is 3. The van der Waals surface area contributed by atoms with E-state index in [1.807, 2.05) is 19.9 Å². The summed E-state index contributed by atoms with van der Waals surface area (Å²) in [6.07, 6.45) is 0. The molecule has 0 aliphatic carbocycles. The van der Waals surface area contributed by atoms with Crippen LogP contribution >= 0.6 is 11.6 Å². The van der Waals surface area contributed by atoms with E-state index in [2.05, 4.69) is 0 Å². The number of anilines is 1. The number of benzene rings is 2. The molecular weight excluding hydrogens is 322 g/mol. The quantitative estimate of drug-likeness (QED) is 0.828. The normalized spacial score (nSPS) is 11.5. The maximum absolute atomic E-state index is 13.1. The third kappa shape index (κ3) is 3.20. The fraction of sp³-hybridized carbons (Fsp3) is 0.250. The highest BCUT2D eigenvalue weighted by Gasteiger charge is 2.30. The van der Waals surface area contributed by atoms with Crippen LogP contribution in [0.4, 0.5) is 5.69 Å². The summed E-state index contributed by atoms with van der Waals surface area (Å²) in [5, 5.41) is 0.344. The highest BCUT2D eigenvalue weighted by molar-refractivity contribution is 7.93. The zero-order valence-electron chi connectivity index (χ0n) is 12.7. The summed E-state index contributed by atoms with van der Waals surface area (Å²) >= 11 is 5.97. The van der Waals surface area contributed by atoms with Gasteiger partial charge in [-0.1, -0.05) is 29.8 Å². The van der Waals surface area contributed by atoms with Crippen molar-refractivity contribution < 1.29 is 13.2 Å². The molecule has 2 aromatic rings. The van der Waals surface area contributed by atoms with E-state index in [4.69, 9.17) is 16.3 Å². The molecule has 2 rings (SSSR count). The first-order valence-electron chi connectivity index (χ1n) is 6.81. The van der Waals surface area contributed by atoms with Gasteiger partial charge in [0.2, 0.25) is 0 Å². The van der Waals surface area contributed by atoms with E-state index in [9.17, 15) is 8.42 Å². The van der Waals surface area contributed by atoms with Gasteiger partial charge in [0.05, 0.1) is 12.8 Å². The topological polar surface area (TPSA) is 46.6 Å². The van der Waals surface area contributed by atoms with Gasteiger partial charge in [-0.2, -0.15) is 0 Å². The Morgan fingerprint density at radius 2 is 1.73 bits per heavy atom. The molecule has 0 atom stereocenters. The van der Waals surface area contributed by atoms with Crippen molar-refractivity contribution in [1.82, 2.24) is 0 Å². The molecule has 0 unspecified atom stereocenters. The average molecular weight is 340 g/mol. The van der Waals surface area contributed by atoms with Crippen molar-refractivity contribution in [3.63, 3.8) is 0 Å². The Kier molecular flexibility index (Phi) is 4.98. The van der Waals surface area contributed by atoms with Crippen molar-refractivity contribution in [1.29, 1.82) is 0 Å². The van der Waals surface area contributed by atoms with Crippen molar-refractivity contribution in [3.05, 3.63) is 53.6 Å². The number of ether oxygens (including phenoxy) is 1. The number of methoxy groups -OCH3 is 1.